The summed E-state index contributed by atoms with van der Waals surface area (Å²) < 4.78 is 0. The molecule has 4 heteroatoms. The van der Waals surface area contributed by atoms with E-state index in [9.17, 15) is 0 Å². The van der Waals surface area contributed by atoms with Crippen LogP contribution in [0.4, 0.5) is 0 Å². The van der Waals surface area contributed by atoms with Crippen LogP contribution in [-0.2, 0) is 0 Å². The smallest absolute Gasteiger partial charge is 0.126 e. The fraction of sp³-hybridized carbons (Fsp3) is 0.857. The summed E-state index contributed by atoms with van der Waals surface area (Å²) in [5.41, 5.74) is 2.93. The van der Waals surface area contributed by atoms with Crippen molar-refractivity contribution in [3.63, 3.8) is 0 Å². The summed E-state index contributed by atoms with van der Waals surface area (Å²) >= 11 is 0. The van der Waals surface area contributed by atoms with Crippen LogP contribution in [0, 0.1) is 5.92 Å². The molecular formula is C7H14N4. The van der Waals surface area contributed by atoms with Crippen LogP contribution in [0.25, 0.3) is 0 Å². The van der Waals surface area contributed by atoms with Gasteiger partial charge < -0.3 is 10.6 Å². The van der Waals surface area contributed by atoms with Gasteiger partial charge in [-0.1, -0.05) is 0 Å². The van der Waals surface area contributed by atoms with Gasteiger partial charge in [0.05, 0.1) is 0 Å². The van der Waals surface area contributed by atoms with Crippen LogP contribution in [0.2, 0.25) is 0 Å². The number of rotatable bonds is 1. The van der Waals surface area contributed by atoms with Crippen LogP contribution in [0.5, 0.6) is 0 Å². The SMILES string of the molecule is C1CC(C2=NNCN2)CCN1. The van der Waals surface area contributed by atoms with Crippen LogP contribution >= 0.6 is 0 Å². The number of hydrazone groups is 1. The topological polar surface area (TPSA) is 48.5 Å². The number of hydrogen-bond donors (Lipinski definition) is 3. The summed E-state index contributed by atoms with van der Waals surface area (Å²) in [5, 5.41) is 10.8. The highest BCUT2D eigenvalue weighted by Gasteiger charge is 2.20. The molecule has 62 valence electrons. The normalized spacial score (nSPS) is 25.6. The van der Waals surface area contributed by atoms with Crippen LogP contribution in [0.15, 0.2) is 5.10 Å². The molecule has 0 atom stereocenters. The predicted octanol–water partition coefficient (Wildman–Crippen LogP) is -0.550. The number of hydrogen-bond acceptors (Lipinski definition) is 4. The van der Waals surface area contributed by atoms with Crippen molar-refractivity contribution in [2.45, 2.75) is 12.8 Å². The minimum atomic E-state index is 0.659. The van der Waals surface area contributed by atoms with E-state index in [1.54, 1.807) is 0 Å². The summed E-state index contributed by atoms with van der Waals surface area (Å²) in [7, 11) is 0. The monoisotopic (exact) mass is 154 g/mol. The van der Waals surface area contributed by atoms with Crippen LogP contribution in [0.3, 0.4) is 0 Å². The Morgan fingerprint density at radius 2 is 2.09 bits per heavy atom. The Morgan fingerprint density at radius 3 is 2.73 bits per heavy atom. The predicted molar refractivity (Wildman–Crippen MR) is 44.2 cm³/mol. The second kappa shape index (κ2) is 3.09. The van der Waals surface area contributed by atoms with Gasteiger partial charge >= 0.3 is 0 Å². The van der Waals surface area contributed by atoms with Gasteiger partial charge in [0.25, 0.3) is 0 Å². The van der Waals surface area contributed by atoms with Gasteiger partial charge in [-0.2, -0.15) is 5.10 Å². The maximum atomic E-state index is 4.19. The zero-order valence-electron chi connectivity index (χ0n) is 6.56. The maximum Gasteiger partial charge on any atom is 0.126 e. The zero-order valence-corrected chi connectivity index (χ0v) is 6.56. The number of nitrogens with zero attached hydrogens (tertiary/aromatic N) is 1. The van der Waals surface area contributed by atoms with Crippen molar-refractivity contribution in [1.82, 2.24) is 16.1 Å². The van der Waals surface area contributed by atoms with E-state index in [1.807, 2.05) is 0 Å². The molecule has 2 aliphatic rings. The largest absolute Gasteiger partial charge is 0.353 e. The van der Waals surface area contributed by atoms with Crippen LogP contribution in [-0.4, -0.2) is 25.6 Å². The van der Waals surface area contributed by atoms with Gasteiger partial charge in [0, 0.05) is 5.92 Å². The Hall–Kier alpha value is -0.770. The molecule has 0 aliphatic carbocycles. The lowest BCUT2D eigenvalue weighted by Gasteiger charge is -2.21. The van der Waals surface area contributed by atoms with Gasteiger partial charge in [0.15, 0.2) is 0 Å². The van der Waals surface area contributed by atoms with Crippen LogP contribution < -0.4 is 16.1 Å². The van der Waals surface area contributed by atoms with Crippen molar-refractivity contribution in [1.29, 1.82) is 0 Å². The summed E-state index contributed by atoms with van der Waals surface area (Å²) in [6.07, 6.45) is 2.43. The highest BCUT2D eigenvalue weighted by molar-refractivity contribution is 5.85. The van der Waals surface area contributed by atoms with Crippen molar-refractivity contribution in [3.05, 3.63) is 0 Å². The Balaban J connectivity index is 1.92. The molecule has 1 saturated heterocycles. The minimum absolute atomic E-state index is 0.659. The summed E-state index contributed by atoms with van der Waals surface area (Å²) in [6, 6.07) is 0. The molecule has 11 heavy (non-hydrogen) atoms. The molecule has 2 aliphatic heterocycles. The summed E-state index contributed by atoms with van der Waals surface area (Å²) in [6.45, 7) is 3.07. The molecule has 0 amide bonds. The number of amidine groups is 1. The summed E-state index contributed by atoms with van der Waals surface area (Å²) in [5.74, 6) is 1.82. The number of piperidine rings is 1. The minimum Gasteiger partial charge on any atom is -0.353 e. The summed E-state index contributed by atoms with van der Waals surface area (Å²) in [4.78, 5) is 0. The first kappa shape index (κ1) is 6.91. The van der Waals surface area contributed by atoms with Gasteiger partial charge in [-0.15, -0.1) is 0 Å². The third kappa shape index (κ3) is 1.45. The van der Waals surface area contributed by atoms with Crippen molar-refractivity contribution < 1.29 is 0 Å². The third-order valence-electron chi connectivity index (χ3n) is 2.27. The standard InChI is InChI=1S/C7H14N4/c1-3-8-4-2-6(1)7-9-5-10-11-7/h6,8,10H,1-5H2,(H,9,11). The highest BCUT2D eigenvalue weighted by atomic mass is 15.4. The molecule has 0 aromatic heterocycles. The van der Waals surface area contributed by atoms with Gasteiger partial charge in [-0.3, -0.25) is 5.43 Å². The molecule has 0 radical (unpaired) electrons. The van der Waals surface area contributed by atoms with Crippen molar-refractivity contribution in [3.8, 4) is 0 Å². The second-order valence-electron chi connectivity index (χ2n) is 3.03. The van der Waals surface area contributed by atoms with Gasteiger partial charge in [0.1, 0.15) is 12.5 Å². The van der Waals surface area contributed by atoms with Crippen molar-refractivity contribution >= 4 is 5.84 Å². The number of nitrogens with one attached hydrogen (secondary N) is 3. The Labute approximate surface area is 66.4 Å². The zero-order chi connectivity index (χ0) is 7.52. The fourth-order valence-electron chi connectivity index (χ4n) is 1.63. The van der Waals surface area contributed by atoms with E-state index in [0.29, 0.717) is 5.92 Å². The molecule has 1 fully saturated rings. The van der Waals surface area contributed by atoms with E-state index < -0.39 is 0 Å². The quantitative estimate of drug-likeness (QED) is 0.475. The Kier molecular flexibility index (Phi) is 1.94. The third-order valence-corrected chi connectivity index (χ3v) is 2.27. The first-order chi connectivity index (χ1) is 5.47. The lowest BCUT2D eigenvalue weighted by molar-refractivity contribution is 0.451. The molecule has 3 N–H and O–H groups in total. The second-order valence-corrected chi connectivity index (χ2v) is 3.03. The molecule has 0 unspecified atom stereocenters. The molecule has 4 nitrogen and oxygen atoms in total. The molecule has 0 saturated carbocycles. The van der Waals surface area contributed by atoms with Crippen molar-refractivity contribution in [2.24, 2.45) is 11.0 Å². The van der Waals surface area contributed by atoms with Gasteiger partial charge in [0.2, 0.25) is 0 Å². The first-order valence-electron chi connectivity index (χ1n) is 4.22. The Morgan fingerprint density at radius 1 is 1.27 bits per heavy atom. The van der Waals surface area contributed by atoms with E-state index in [2.05, 4.69) is 21.2 Å². The van der Waals surface area contributed by atoms with Crippen LogP contribution in [0.1, 0.15) is 12.8 Å². The van der Waals surface area contributed by atoms with E-state index in [1.165, 1.54) is 12.8 Å². The molecule has 2 heterocycles. The molecule has 0 spiro atoms. The van der Waals surface area contributed by atoms with E-state index in [0.717, 1.165) is 25.6 Å². The highest BCUT2D eigenvalue weighted by Crippen LogP contribution is 2.12. The lowest BCUT2D eigenvalue weighted by atomic mass is 9.97. The molecular weight excluding hydrogens is 140 g/mol. The maximum absolute atomic E-state index is 4.19. The molecule has 2 rings (SSSR count). The molecule has 0 aromatic rings. The average molecular weight is 154 g/mol. The molecule has 0 aromatic carbocycles. The van der Waals surface area contributed by atoms with Crippen molar-refractivity contribution in [2.75, 3.05) is 19.8 Å². The average Bonchev–Trinajstić information content (AvgIpc) is 2.58. The van der Waals surface area contributed by atoms with E-state index >= 15 is 0 Å². The van der Waals surface area contributed by atoms with E-state index in [-0.39, 0.29) is 0 Å². The van der Waals surface area contributed by atoms with E-state index in [4.69, 9.17) is 0 Å². The van der Waals surface area contributed by atoms with Gasteiger partial charge in [-0.25, -0.2) is 0 Å². The lowest BCUT2D eigenvalue weighted by Crippen LogP contribution is -2.36. The molecule has 0 bridgehead atoms. The Bertz CT molecular complexity index is 160. The van der Waals surface area contributed by atoms with Gasteiger partial charge in [-0.05, 0) is 25.9 Å². The fourth-order valence-corrected chi connectivity index (χ4v) is 1.63. The first-order valence-corrected chi connectivity index (χ1v) is 4.22.